The van der Waals surface area contributed by atoms with Crippen molar-refractivity contribution in [2.24, 2.45) is 0 Å². The number of benzene rings is 2. The highest BCUT2D eigenvalue weighted by Gasteiger charge is 2.43. The maximum Gasteiger partial charge on any atom is 0.408 e. The Bertz CT molecular complexity index is 1330. The number of anilines is 1. The molecule has 198 valence electrons. The molecule has 38 heavy (non-hydrogen) atoms. The third-order valence-corrected chi connectivity index (χ3v) is 6.90. The van der Waals surface area contributed by atoms with Crippen LogP contribution in [-0.2, 0) is 15.1 Å². The van der Waals surface area contributed by atoms with Crippen molar-refractivity contribution in [2.45, 2.75) is 51.2 Å². The van der Waals surface area contributed by atoms with Crippen molar-refractivity contribution < 1.29 is 23.5 Å². The monoisotopic (exact) mass is 517 g/mol. The molecule has 7 nitrogen and oxygen atoms in total. The zero-order chi connectivity index (χ0) is 26.9. The van der Waals surface area contributed by atoms with Gasteiger partial charge in [0.05, 0.1) is 12.2 Å². The molecular formula is C30H32FN3O4. The van der Waals surface area contributed by atoms with E-state index in [9.17, 15) is 14.0 Å². The van der Waals surface area contributed by atoms with Gasteiger partial charge in [-0.15, -0.1) is 0 Å². The highest BCUT2D eigenvalue weighted by molar-refractivity contribution is 5.99. The first-order valence-electron chi connectivity index (χ1n) is 12.9. The number of hydrogen-bond donors (Lipinski definition) is 1. The van der Waals surface area contributed by atoms with E-state index < -0.39 is 18.4 Å². The molecule has 2 aromatic carbocycles. The Morgan fingerprint density at radius 2 is 1.82 bits per heavy atom. The Morgan fingerprint density at radius 1 is 1.11 bits per heavy atom. The fraction of sp³-hybridized carbons (Fsp3) is 0.367. The molecule has 1 aliphatic heterocycles. The van der Waals surface area contributed by atoms with E-state index in [0.717, 1.165) is 41.5 Å². The standard InChI is InChI=1S/C30H32FN3O4/c1-29(2,3)33-28(36)38-30(14-7-15-30)22-12-10-21(11-13-22)26-23(20-8-5-4-6-9-20)18-24-27(32-26)37-19-25(35)34(24)17-16-31/h4-6,8-13,18H,7,14-17,19H2,1-3H3,(H,33,36). The van der Waals surface area contributed by atoms with Crippen molar-refractivity contribution in [3.63, 3.8) is 0 Å². The van der Waals surface area contributed by atoms with Crippen LogP contribution in [0.25, 0.3) is 22.4 Å². The van der Waals surface area contributed by atoms with Crippen molar-refractivity contribution in [1.82, 2.24) is 10.3 Å². The molecule has 2 amide bonds. The first-order chi connectivity index (χ1) is 18.2. The van der Waals surface area contributed by atoms with E-state index in [1.54, 1.807) is 0 Å². The topological polar surface area (TPSA) is 80.8 Å². The highest BCUT2D eigenvalue weighted by Crippen LogP contribution is 2.46. The van der Waals surface area contributed by atoms with Crippen LogP contribution in [0.4, 0.5) is 14.9 Å². The van der Waals surface area contributed by atoms with Gasteiger partial charge in [0.2, 0.25) is 5.88 Å². The second-order valence-corrected chi connectivity index (χ2v) is 10.8. The van der Waals surface area contributed by atoms with Crippen LogP contribution < -0.4 is 15.0 Å². The van der Waals surface area contributed by atoms with Crippen LogP contribution in [0.5, 0.6) is 5.88 Å². The van der Waals surface area contributed by atoms with Gasteiger partial charge in [0.1, 0.15) is 18.0 Å². The molecule has 1 fully saturated rings. The number of fused-ring (bicyclic) bond motifs is 1. The smallest absolute Gasteiger partial charge is 0.408 e. The third-order valence-electron chi connectivity index (χ3n) is 6.90. The lowest BCUT2D eigenvalue weighted by atomic mass is 9.74. The Morgan fingerprint density at radius 3 is 2.42 bits per heavy atom. The molecule has 8 heteroatoms. The Balaban J connectivity index is 1.52. The summed E-state index contributed by atoms with van der Waals surface area (Å²) >= 11 is 0. The van der Waals surface area contributed by atoms with Crippen molar-refractivity contribution in [2.75, 3.05) is 24.7 Å². The van der Waals surface area contributed by atoms with E-state index >= 15 is 0 Å². The summed E-state index contributed by atoms with van der Waals surface area (Å²) in [6.45, 7) is 4.87. The van der Waals surface area contributed by atoms with E-state index in [1.165, 1.54) is 4.90 Å². The Kier molecular flexibility index (Phi) is 6.82. The summed E-state index contributed by atoms with van der Waals surface area (Å²) < 4.78 is 24.9. The molecule has 0 saturated heterocycles. The first-order valence-corrected chi connectivity index (χ1v) is 12.9. The van der Waals surface area contributed by atoms with Crippen molar-refractivity contribution in [1.29, 1.82) is 0 Å². The van der Waals surface area contributed by atoms with E-state index in [2.05, 4.69) is 5.32 Å². The van der Waals surface area contributed by atoms with Gasteiger partial charge < -0.3 is 19.7 Å². The molecule has 0 bridgehead atoms. The first kappa shape index (κ1) is 25.7. The lowest BCUT2D eigenvalue weighted by molar-refractivity contribution is -0.121. The van der Waals surface area contributed by atoms with E-state index in [1.807, 2.05) is 81.4 Å². The van der Waals surface area contributed by atoms with Crippen LogP contribution in [0.3, 0.4) is 0 Å². The number of carbonyl (C=O) groups excluding carboxylic acids is 2. The number of carbonyl (C=O) groups is 2. The van der Waals surface area contributed by atoms with Gasteiger partial charge in [0, 0.05) is 16.7 Å². The molecule has 5 rings (SSSR count). The normalized spacial score (nSPS) is 16.2. The summed E-state index contributed by atoms with van der Waals surface area (Å²) in [5, 5.41) is 2.88. The summed E-state index contributed by atoms with van der Waals surface area (Å²) in [5.74, 6) is 0.00353. The van der Waals surface area contributed by atoms with Gasteiger partial charge in [-0.3, -0.25) is 4.79 Å². The van der Waals surface area contributed by atoms with Crippen LogP contribution in [0.2, 0.25) is 0 Å². The quantitative estimate of drug-likeness (QED) is 0.433. The van der Waals surface area contributed by atoms with Crippen LogP contribution in [0.1, 0.15) is 45.6 Å². The number of pyridine rings is 1. The fourth-order valence-electron chi connectivity index (χ4n) is 4.90. The van der Waals surface area contributed by atoms with E-state index in [-0.39, 0.29) is 24.6 Å². The molecule has 1 aliphatic carbocycles. The minimum Gasteiger partial charge on any atom is -0.466 e. The molecule has 2 aliphatic rings. The number of nitrogens with zero attached hydrogens (tertiary/aromatic N) is 2. The van der Waals surface area contributed by atoms with Gasteiger partial charge >= 0.3 is 6.09 Å². The summed E-state index contributed by atoms with van der Waals surface area (Å²) in [6, 6.07) is 19.5. The zero-order valence-corrected chi connectivity index (χ0v) is 21.9. The van der Waals surface area contributed by atoms with Gasteiger partial charge in [-0.05, 0) is 57.2 Å². The number of nitrogens with one attached hydrogen (secondary N) is 1. The number of halogens is 1. The van der Waals surface area contributed by atoms with Gasteiger partial charge in [0.25, 0.3) is 5.91 Å². The highest BCUT2D eigenvalue weighted by atomic mass is 19.1. The number of amides is 2. The lowest BCUT2D eigenvalue weighted by Crippen LogP contribution is -2.47. The molecule has 0 radical (unpaired) electrons. The predicted molar refractivity (Wildman–Crippen MR) is 144 cm³/mol. The molecule has 1 aromatic heterocycles. The Labute approximate surface area is 222 Å². The minimum absolute atomic E-state index is 0.0516. The molecule has 1 saturated carbocycles. The van der Waals surface area contributed by atoms with Crippen molar-refractivity contribution in [3.05, 3.63) is 66.2 Å². The molecule has 0 atom stereocenters. The average molecular weight is 518 g/mol. The van der Waals surface area contributed by atoms with Crippen LogP contribution in [0.15, 0.2) is 60.7 Å². The number of aromatic nitrogens is 1. The maximum absolute atomic E-state index is 13.3. The van der Waals surface area contributed by atoms with Crippen LogP contribution in [-0.4, -0.2) is 42.3 Å². The number of alkyl halides is 1. The summed E-state index contributed by atoms with van der Waals surface area (Å²) in [4.78, 5) is 31.2. The largest absolute Gasteiger partial charge is 0.466 e. The van der Waals surface area contributed by atoms with Gasteiger partial charge in [-0.2, -0.15) is 0 Å². The SMILES string of the molecule is CC(C)(C)NC(=O)OC1(c2ccc(-c3nc4c(cc3-c3ccccc3)N(CCF)C(=O)CO4)cc2)CCC1. The summed E-state index contributed by atoms with van der Waals surface area (Å²) in [7, 11) is 0. The molecule has 0 unspecified atom stereocenters. The summed E-state index contributed by atoms with van der Waals surface area (Å²) in [6.07, 6.45) is 2.10. The van der Waals surface area contributed by atoms with Gasteiger partial charge in [-0.1, -0.05) is 54.6 Å². The molecule has 0 spiro atoms. The minimum atomic E-state index is -0.660. The average Bonchev–Trinajstić information content (AvgIpc) is 2.87. The number of hydrogen-bond acceptors (Lipinski definition) is 5. The zero-order valence-electron chi connectivity index (χ0n) is 21.9. The maximum atomic E-state index is 13.3. The van der Waals surface area contributed by atoms with E-state index in [4.69, 9.17) is 14.5 Å². The summed E-state index contributed by atoms with van der Waals surface area (Å²) in [5.41, 5.74) is 3.62. The van der Waals surface area contributed by atoms with Crippen LogP contribution >= 0.6 is 0 Å². The lowest BCUT2D eigenvalue weighted by Gasteiger charge is -2.42. The Hall–Kier alpha value is -3.94. The number of rotatable bonds is 6. The van der Waals surface area contributed by atoms with Gasteiger partial charge in [-0.25, -0.2) is 14.2 Å². The molecule has 1 N–H and O–H groups in total. The van der Waals surface area contributed by atoms with Crippen molar-refractivity contribution in [3.8, 4) is 28.3 Å². The van der Waals surface area contributed by atoms with Crippen LogP contribution in [0, 0.1) is 0 Å². The predicted octanol–water partition coefficient (Wildman–Crippen LogP) is 6.01. The molecule has 3 aromatic rings. The van der Waals surface area contributed by atoms with Gasteiger partial charge in [0.15, 0.2) is 6.61 Å². The third kappa shape index (κ3) is 5.08. The molecule has 2 heterocycles. The van der Waals surface area contributed by atoms with Crippen molar-refractivity contribution >= 4 is 17.7 Å². The number of ether oxygens (including phenoxy) is 2. The molecular weight excluding hydrogens is 485 g/mol. The number of alkyl carbamates (subject to hydrolysis) is 1. The second kappa shape index (κ2) is 10.1. The second-order valence-electron chi connectivity index (χ2n) is 10.8. The van der Waals surface area contributed by atoms with E-state index in [0.29, 0.717) is 17.3 Å². The fourth-order valence-corrected chi connectivity index (χ4v) is 4.90.